The summed E-state index contributed by atoms with van der Waals surface area (Å²) in [7, 11) is -0.731. The molecule has 1 aromatic heterocycles. The van der Waals surface area contributed by atoms with Gasteiger partial charge in [0, 0.05) is 18.5 Å². The standard InChI is InChI=1S/C22H26N2O.ClHO4/c1-16-6-9-18(10-7-16)22-15-20(23-12-5-13-24(3)4)19-14-17(2)8-11-21(19)25-22;2-1(3,4)5/h6-11,14-15H,5,12-13H2,1-4H3;(H,2,3,4,5). The van der Waals surface area contributed by atoms with Crippen molar-refractivity contribution in [1.29, 1.82) is 0 Å². The van der Waals surface area contributed by atoms with Gasteiger partial charge < -0.3 is 9.32 Å². The van der Waals surface area contributed by atoms with Gasteiger partial charge in [0.05, 0.1) is 11.5 Å². The van der Waals surface area contributed by atoms with E-state index >= 15 is 0 Å². The molecule has 0 saturated heterocycles. The second-order valence-corrected chi connectivity index (χ2v) is 8.11. The molecular weight excluding hydrogens is 408 g/mol. The van der Waals surface area contributed by atoms with Gasteiger partial charge in [-0.25, -0.2) is 23.6 Å². The summed E-state index contributed by atoms with van der Waals surface area (Å²) in [5.74, 6) is 0.895. The van der Waals surface area contributed by atoms with Crippen LogP contribution in [0.3, 0.4) is 0 Å². The van der Waals surface area contributed by atoms with Gasteiger partial charge in [0.25, 0.3) is 0 Å². The molecule has 162 valence electrons. The molecule has 0 amide bonds. The van der Waals surface area contributed by atoms with Gasteiger partial charge in [-0.2, -0.15) is 0 Å². The summed E-state index contributed by atoms with van der Waals surface area (Å²) >= 11 is 0. The topological polar surface area (TPSA) is 123 Å². The van der Waals surface area contributed by atoms with Crippen LogP contribution in [0.15, 0.2) is 52.9 Å². The highest BCUT2D eigenvalue weighted by molar-refractivity contribution is 5.78. The van der Waals surface area contributed by atoms with Crippen molar-refractivity contribution in [1.82, 2.24) is 4.90 Å². The smallest absolute Gasteiger partial charge is 0.213 e. The summed E-state index contributed by atoms with van der Waals surface area (Å²) < 4.78 is 40.2. The first-order valence-corrected chi connectivity index (χ1v) is 10.7. The highest BCUT2D eigenvalue weighted by Crippen LogP contribution is 2.22. The van der Waals surface area contributed by atoms with Crippen molar-refractivity contribution in [3.63, 3.8) is 0 Å². The lowest BCUT2D eigenvalue weighted by Gasteiger charge is -2.17. The third kappa shape index (κ3) is 8.23. The number of halogens is 1. The van der Waals surface area contributed by atoms with E-state index in [1.54, 1.807) is 0 Å². The van der Waals surface area contributed by atoms with Crippen LogP contribution in [0.4, 0.5) is 0 Å². The van der Waals surface area contributed by atoms with Crippen LogP contribution in [-0.2, 0) is 0 Å². The Hall–Kier alpha value is -2.26. The number of benzene rings is 2. The average Bonchev–Trinajstić information content (AvgIpc) is 2.64. The Morgan fingerprint density at radius 1 is 0.900 bits per heavy atom. The fraction of sp³-hybridized carbons (Fsp3) is 0.318. The van der Waals surface area contributed by atoms with E-state index < -0.39 is 10.2 Å². The summed E-state index contributed by atoms with van der Waals surface area (Å²) in [5.41, 5.74) is 4.51. The van der Waals surface area contributed by atoms with E-state index in [9.17, 15) is 0 Å². The predicted octanol–water partition coefficient (Wildman–Crippen LogP) is -2.11. The molecule has 0 aliphatic rings. The molecule has 3 aromatic rings. The minimum absolute atomic E-state index is 0.895. The van der Waals surface area contributed by atoms with Gasteiger partial charge in [-0.1, -0.05) is 41.5 Å². The molecule has 8 heteroatoms. The maximum Gasteiger partial charge on any atom is 0.213 e. The van der Waals surface area contributed by atoms with E-state index in [1.165, 1.54) is 11.1 Å². The lowest BCUT2D eigenvalue weighted by Crippen LogP contribution is -2.77. The lowest BCUT2D eigenvalue weighted by atomic mass is 10.1. The minimum Gasteiger partial charge on any atom is -0.456 e. The van der Waals surface area contributed by atoms with Gasteiger partial charge in [-0.05, 0) is 40.1 Å². The van der Waals surface area contributed by atoms with Gasteiger partial charge in [0.2, 0.25) is 5.36 Å². The van der Waals surface area contributed by atoms with Crippen molar-refractivity contribution in [3.8, 4) is 11.3 Å². The molecule has 1 heterocycles. The Bertz CT molecular complexity index is 1020. The van der Waals surface area contributed by atoms with Gasteiger partial charge in [-0.3, -0.25) is 0 Å². The number of aryl methyl sites for hydroxylation is 2. The van der Waals surface area contributed by atoms with Gasteiger partial charge >= 0.3 is 0 Å². The lowest BCUT2D eigenvalue weighted by molar-refractivity contribution is -2.00. The number of nitrogens with zero attached hydrogens (tertiary/aromatic N) is 1. The van der Waals surface area contributed by atoms with E-state index in [2.05, 4.69) is 86.4 Å². The van der Waals surface area contributed by atoms with Crippen LogP contribution in [0.5, 0.6) is 0 Å². The normalized spacial score (nSPS) is 12.2. The summed E-state index contributed by atoms with van der Waals surface area (Å²) in [4.78, 5) is 5.82. The SMILES string of the molecule is Cc1ccc(-c2cc(=[NH+]CCCN(C)C)c3cc(C)ccc3o2)cc1.[O-][Cl+3]([O-])([O-])[O-]. The van der Waals surface area contributed by atoms with E-state index in [0.717, 1.165) is 47.2 Å². The molecule has 0 bridgehead atoms. The molecule has 0 radical (unpaired) electrons. The van der Waals surface area contributed by atoms with E-state index in [1.807, 2.05) is 0 Å². The van der Waals surface area contributed by atoms with Crippen molar-refractivity contribution in [2.45, 2.75) is 20.3 Å². The third-order valence-electron chi connectivity index (χ3n) is 4.35. The van der Waals surface area contributed by atoms with Gasteiger partial charge in [-0.15, -0.1) is 10.2 Å². The summed E-state index contributed by atoms with van der Waals surface area (Å²) in [6.45, 7) is 6.23. The zero-order chi connectivity index (χ0) is 22.3. The fourth-order valence-corrected chi connectivity index (χ4v) is 2.92. The molecule has 0 aliphatic heterocycles. The maximum atomic E-state index is 8.49. The number of fused-ring (bicyclic) bond motifs is 1. The molecule has 1 N–H and O–H groups in total. The molecule has 30 heavy (non-hydrogen) atoms. The van der Waals surface area contributed by atoms with Crippen LogP contribution in [0.25, 0.3) is 22.3 Å². The summed E-state index contributed by atoms with van der Waals surface area (Å²) in [5, 5.41) is 2.28. The highest BCUT2D eigenvalue weighted by Gasteiger charge is 2.09. The molecule has 0 saturated carbocycles. The molecule has 0 fully saturated rings. The van der Waals surface area contributed by atoms with Crippen LogP contribution in [-0.4, -0.2) is 32.1 Å². The van der Waals surface area contributed by atoms with Crippen LogP contribution in [0.2, 0.25) is 0 Å². The Balaban J connectivity index is 0.000000575. The van der Waals surface area contributed by atoms with Crippen LogP contribution >= 0.6 is 0 Å². The van der Waals surface area contributed by atoms with Crippen LogP contribution in [0, 0.1) is 24.1 Å². The van der Waals surface area contributed by atoms with Crippen molar-refractivity contribution >= 4 is 11.0 Å². The first kappa shape index (κ1) is 24.0. The zero-order valence-corrected chi connectivity index (χ0v) is 18.4. The summed E-state index contributed by atoms with van der Waals surface area (Å²) in [6.07, 6.45) is 1.10. The van der Waals surface area contributed by atoms with E-state index in [4.69, 9.17) is 23.1 Å². The second kappa shape index (κ2) is 10.7. The Labute approximate surface area is 178 Å². The Morgan fingerprint density at radius 2 is 1.50 bits per heavy atom. The monoisotopic (exact) mass is 434 g/mol. The molecule has 2 aromatic carbocycles. The van der Waals surface area contributed by atoms with E-state index in [-0.39, 0.29) is 0 Å². The van der Waals surface area contributed by atoms with Crippen molar-refractivity contribution in [2.24, 2.45) is 0 Å². The second-order valence-electron chi connectivity index (χ2n) is 7.35. The molecule has 0 atom stereocenters. The largest absolute Gasteiger partial charge is 0.456 e. The molecule has 7 nitrogen and oxygen atoms in total. The minimum atomic E-state index is -4.94. The van der Waals surface area contributed by atoms with Gasteiger partial charge in [0.1, 0.15) is 17.9 Å². The van der Waals surface area contributed by atoms with Crippen LogP contribution < -0.4 is 29.0 Å². The average molecular weight is 435 g/mol. The first-order chi connectivity index (χ1) is 14.0. The number of rotatable bonds is 5. The first-order valence-electron chi connectivity index (χ1n) is 9.48. The van der Waals surface area contributed by atoms with Gasteiger partial charge in [0.15, 0.2) is 0 Å². The third-order valence-corrected chi connectivity index (χ3v) is 4.35. The summed E-state index contributed by atoms with van der Waals surface area (Å²) in [6, 6.07) is 16.9. The molecule has 0 spiro atoms. The highest BCUT2D eigenvalue weighted by atomic mass is 35.7. The number of hydrogen-bond donors (Lipinski definition) is 1. The maximum absolute atomic E-state index is 8.49. The quantitative estimate of drug-likeness (QED) is 0.459. The van der Waals surface area contributed by atoms with Crippen molar-refractivity contribution in [2.75, 3.05) is 27.2 Å². The van der Waals surface area contributed by atoms with Crippen molar-refractivity contribution < 1.29 is 38.3 Å². The molecular formula is C22H27ClN2O5. The number of hydrogen-bond acceptors (Lipinski definition) is 6. The molecule has 0 unspecified atom stereocenters. The Morgan fingerprint density at radius 3 is 2.10 bits per heavy atom. The molecule has 0 aliphatic carbocycles. The van der Waals surface area contributed by atoms with Crippen molar-refractivity contribution in [3.05, 3.63) is 65.0 Å². The van der Waals surface area contributed by atoms with E-state index in [0.29, 0.717) is 0 Å². The Kier molecular flexibility index (Phi) is 8.54. The van der Waals surface area contributed by atoms with Crippen LogP contribution in [0.1, 0.15) is 17.5 Å². The number of nitrogens with one attached hydrogen (secondary N) is 1. The zero-order valence-electron chi connectivity index (χ0n) is 17.6. The molecule has 3 rings (SSSR count). The predicted molar refractivity (Wildman–Crippen MR) is 103 cm³/mol. The fourth-order valence-electron chi connectivity index (χ4n) is 2.92.